The number of hydrogen-bond donors (Lipinski definition) is 0. The molecule has 1 heterocycles. The fraction of sp³-hybridized carbons (Fsp3) is 0.588. The van der Waals surface area contributed by atoms with E-state index in [2.05, 4.69) is 6.92 Å². The van der Waals surface area contributed by atoms with Crippen LogP contribution in [0.4, 0.5) is 0 Å². The van der Waals surface area contributed by atoms with Crippen LogP contribution in [0.2, 0.25) is 0 Å². The van der Waals surface area contributed by atoms with Gasteiger partial charge in [-0.05, 0) is 55.9 Å². The van der Waals surface area contributed by atoms with Crippen LogP contribution in [0.25, 0.3) is 0 Å². The molecule has 1 aromatic carbocycles. The molecule has 5 nitrogen and oxygen atoms in total. The fourth-order valence-corrected chi connectivity index (χ4v) is 4.19. The van der Waals surface area contributed by atoms with Crippen molar-refractivity contribution in [2.75, 3.05) is 27.2 Å². The van der Waals surface area contributed by atoms with Crippen molar-refractivity contribution in [3.05, 3.63) is 28.8 Å². The van der Waals surface area contributed by atoms with Crippen LogP contribution in [0.1, 0.15) is 41.3 Å². The molecule has 0 bridgehead atoms. The summed E-state index contributed by atoms with van der Waals surface area (Å²) in [7, 11) is -0.555. The highest BCUT2D eigenvalue weighted by molar-refractivity contribution is 7.89. The van der Waals surface area contributed by atoms with Gasteiger partial charge in [-0.1, -0.05) is 6.92 Å². The van der Waals surface area contributed by atoms with Crippen LogP contribution < -0.4 is 0 Å². The van der Waals surface area contributed by atoms with Gasteiger partial charge in [-0.25, -0.2) is 12.7 Å². The molecule has 2 rings (SSSR count). The molecule has 1 amide bonds. The molecule has 1 atom stereocenters. The average molecular weight is 338 g/mol. The fourth-order valence-electron chi connectivity index (χ4n) is 2.97. The second kappa shape index (κ2) is 6.61. The van der Waals surface area contributed by atoms with Gasteiger partial charge in [0, 0.05) is 32.7 Å². The van der Waals surface area contributed by atoms with E-state index in [0.29, 0.717) is 17.0 Å². The predicted molar refractivity (Wildman–Crippen MR) is 91.1 cm³/mol. The van der Waals surface area contributed by atoms with E-state index in [1.54, 1.807) is 13.0 Å². The van der Waals surface area contributed by atoms with Crippen LogP contribution in [0, 0.1) is 19.8 Å². The summed E-state index contributed by atoms with van der Waals surface area (Å²) in [5.74, 6) is 0.416. The summed E-state index contributed by atoms with van der Waals surface area (Å²) in [5.41, 5.74) is 1.98. The molecule has 0 unspecified atom stereocenters. The van der Waals surface area contributed by atoms with Gasteiger partial charge < -0.3 is 4.90 Å². The minimum absolute atomic E-state index is 0.0742. The van der Waals surface area contributed by atoms with Crippen molar-refractivity contribution < 1.29 is 13.2 Å². The lowest BCUT2D eigenvalue weighted by atomic mass is 9.99. The molecule has 0 aromatic heterocycles. The first-order chi connectivity index (χ1) is 10.6. The Hall–Kier alpha value is -1.40. The zero-order valence-corrected chi connectivity index (χ0v) is 15.4. The first kappa shape index (κ1) is 17.9. The third-order valence-electron chi connectivity index (χ3n) is 4.57. The SMILES string of the molecule is Cc1cc(C(=O)N2CCC[C@H](C)C2)cc(S(=O)(=O)N(C)C)c1C. The van der Waals surface area contributed by atoms with Crippen molar-refractivity contribution >= 4 is 15.9 Å². The average Bonchev–Trinajstić information content (AvgIpc) is 2.48. The largest absolute Gasteiger partial charge is 0.338 e. The molecule has 1 aromatic rings. The van der Waals surface area contributed by atoms with E-state index in [0.717, 1.165) is 31.5 Å². The maximum absolute atomic E-state index is 12.8. The van der Waals surface area contributed by atoms with Gasteiger partial charge in [0.1, 0.15) is 0 Å². The van der Waals surface area contributed by atoms with Gasteiger partial charge in [-0.2, -0.15) is 0 Å². The Morgan fingerprint density at radius 3 is 2.48 bits per heavy atom. The summed E-state index contributed by atoms with van der Waals surface area (Å²) in [6.45, 7) is 7.25. The van der Waals surface area contributed by atoms with Crippen LogP contribution >= 0.6 is 0 Å². The Bertz CT molecular complexity index is 711. The highest BCUT2D eigenvalue weighted by atomic mass is 32.2. The molecule has 0 radical (unpaired) electrons. The highest BCUT2D eigenvalue weighted by Crippen LogP contribution is 2.25. The molecule has 6 heteroatoms. The van der Waals surface area contributed by atoms with Crippen molar-refractivity contribution in [2.45, 2.75) is 38.5 Å². The minimum atomic E-state index is -3.56. The van der Waals surface area contributed by atoms with E-state index < -0.39 is 10.0 Å². The molecular formula is C17H26N2O3S. The summed E-state index contributed by atoms with van der Waals surface area (Å²) in [4.78, 5) is 14.8. The maximum atomic E-state index is 12.8. The van der Waals surface area contributed by atoms with Crippen LogP contribution in [0.3, 0.4) is 0 Å². The van der Waals surface area contributed by atoms with Gasteiger partial charge >= 0.3 is 0 Å². The van der Waals surface area contributed by atoms with E-state index in [1.165, 1.54) is 24.5 Å². The van der Waals surface area contributed by atoms with Gasteiger partial charge in [-0.15, -0.1) is 0 Å². The topological polar surface area (TPSA) is 57.7 Å². The van der Waals surface area contributed by atoms with Gasteiger partial charge in [0.15, 0.2) is 0 Å². The van der Waals surface area contributed by atoms with E-state index in [9.17, 15) is 13.2 Å². The number of rotatable bonds is 3. The van der Waals surface area contributed by atoms with E-state index in [1.807, 2.05) is 11.8 Å². The summed E-state index contributed by atoms with van der Waals surface area (Å²) in [6.07, 6.45) is 2.14. The van der Waals surface area contributed by atoms with E-state index in [4.69, 9.17) is 0 Å². The quantitative estimate of drug-likeness (QED) is 0.850. The lowest BCUT2D eigenvalue weighted by Crippen LogP contribution is -2.39. The van der Waals surface area contributed by atoms with Crippen molar-refractivity contribution in [1.82, 2.24) is 9.21 Å². The van der Waals surface area contributed by atoms with Crippen molar-refractivity contribution in [3.63, 3.8) is 0 Å². The van der Waals surface area contributed by atoms with Crippen molar-refractivity contribution in [2.24, 2.45) is 5.92 Å². The lowest BCUT2D eigenvalue weighted by molar-refractivity contribution is 0.0682. The summed E-state index contributed by atoms with van der Waals surface area (Å²) >= 11 is 0. The number of sulfonamides is 1. The third-order valence-corrected chi connectivity index (χ3v) is 6.51. The van der Waals surface area contributed by atoms with Gasteiger partial charge in [0.25, 0.3) is 5.91 Å². The molecule has 1 saturated heterocycles. The number of aryl methyl sites for hydroxylation is 1. The molecule has 0 aliphatic carbocycles. The second-order valence-corrected chi connectivity index (χ2v) is 8.82. The standard InChI is InChI=1S/C17H26N2O3S/c1-12-7-6-8-19(11-12)17(20)15-9-13(2)14(3)16(10-15)23(21,22)18(4)5/h9-10,12H,6-8,11H2,1-5H3/t12-/m0/s1. The normalized spacial score (nSPS) is 19.2. The van der Waals surface area contributed by atoms with Crippen LogP contribution in [-0.4, -0.2) is 50.7 Å². The number of piperidine rings is 1. The van der Waals surface area contributed by atoms with Gasteiger partial charge in [0.2, 0.25) is 10.0 Å². The highest BCUT2D eigenvalue weighted by Gasteiger charge is 2.26. The predicted octanol–water partition coefficient (Wildman–Crippen LogP) is 2.43. The first-order valence-electron chi connectivity index (χ1n) is 7.97. The lowest BCUT2D eigenvalue weighted by Gasteiger charge is -2.31. The molecule has 0 spiro atoms. The smallest absolute Gasteiger partial charge is 0.253 e. The third kappa shape index (κ3) is 3.58. The first-order valence-corrected chi connectivity index (χ1v) is 9.41. The Kier molecular flexibility index (Phi) is 5.16. The van der Waals surface area contributed by atoms with Crippen molar-refractivity contribution in [3.8, 4) is 0 Å². The number of amides is 1. The number of carbonyl (C=O) groups excluding carboxylic acids is 1. The maximum Gasteiger partial charge on any atom is 0.253 e. The Balaban J connectivity index is 2.45. The van der Waals surface area contributed by atoms with Crippen LogP contribution in [0.5, 0.6) is 0 Å². The zero-order valence-electron chi connectivity index (χ0n) is 14.6. The summed E-state index contributed by atoms with van der Waals surface area (Å²) in [5, 5.41) is 0. The minimum Gasteiger partial charge on any atom is -0.338 e. The Morgan fingerprint density at radius 2 is 1.91 bits per heavy atom. The number of hydrogen-bond acceptors (Lipinski definition) is 3. The Labute approximate surface area is 139 Å². The molecule has 1 aliphatic rings. The second-order valence-electron chi connectivity index (χ2n) is 6.70. The molecule has 1 aliphatic heterocycles. The molecule has 128 valence electrons. The molecular weight excluding hydrogens is 312 g/mol. The molecule has 0 N–H and O–H groups in total. The zero-order chi connectivity index (χ0) is 17.4. The summed E-state index contributed by atoms with van der Waals surface area (Å²) in [6, 6.07) is 3.32. The van der Waals surface area contributed by atoms with Crippen LogP contribution in [0.15, 0.2) is 17.0 Å². The number of likely N-dealkylation sites (tertiary alicyclic amines) is 1. The van der Waals surface area contributed by atoms with Crippen molar-refractivity contribution in [1.29, 1.82) is 0 Å². The monoisotopic (exact) mass is 338 g/mol. The number of nitrogens with zero attached hydrogens (tertiary/aromatic N) is 2. The van der Waals surface area contributed by atoms with Gasteiger partial charge in [-0.3, -0.25) is 4.79 Å². The number of carbonyl (C=O) groups is 1. The molecule has 1 fully saturated rings. The number of benzene rings is 1. The molecule has 23 heavy (non-hydrogen) atoms. The van der Waals surface area contributed by atoms with Gasteiger partial charge in [0.05, 0.1) is 4.90 Å². The van der Waals surface area contributed by atoms with Crippen LogP contribution in [-0.2, 0) is 10.0 Å². The summed E-state index contributed by atoms with van der Waals surface area (Å²) < 4.78 is 26.2. The van der Waals surface area contributed by atoms with E-state index in [-0.39, 0.29) is 10.8 Å². The Morgan fingerprint density at radius 1 is 1.26 bits per heavy atom. The van der Waals surface area contributed by atoms with E-state index >= 15 is 0 Å². The molecule has 0 saturated carbocycles.